The maximum absolute atomic E-state index is 13.3. The predicted molar refractivity (Wildman–Crippen MR) is 128 cm³/mol. The highest BCUT2D eigenvalue weighted by atomic mass is 32.1. The van der Waals surface area contributed by atoms with Crippen LogP contribution >= 0.6 is 11.3 Å². The normalized spacial score (nSPS) is 18.3. The van der Waals surface area contributed by atoms with E-state index in [4.69, 9.17) is 5.73 Å². The maximum atomic E-state index is 13.3. The molecule has 4 rings (SSSR count). The number of likely N-dealkylation sites (tertiary alicyclic amines) is 1. The van der Waals surface area contributed by atoms with E-state index in [0.29, 0.717) is 31.6 Å². The smallest absolute Gasteiger partial charge is 0.257 e. The highest BCUT2D eigenvalue weighted by molar-refractivity contribution is 7.13. The number of aromatic nitrogens is 1. The van der Waals surface area contributed by atoms with Crippen molar-refractivity contribution in [3.05, 3.63) is 71.2 Å². The van der Waals surface area contributed by atoms with Gasteiger partial charge in [0, 0.05) is 30.7 Å². The Morgan fingerprint density at radius 2 is 2.00 bits per heavy atom. The molecule has 2 amide bonds. The summed E-state index contributed by atoms with van der Waals surface area (Å²) in [6.45, 7) is 3.44. The fourth-order valence-electron chi connectivity index (χ4n) is 4.45. The van der Waals surface area contributed by atoms with Crippen molar-refractivity contribution in [2.75, 3.05) is 25.4 Å². The van der Waals surface area contributed by atoms with Crippen molar-refractivity contribution < 1.29 is 9.59 Å². The number of nitrogen functional groups attached to an aromatic ring is 1. The number of hydrogen-bond donors (Lipinski definition) is 2. The second kappa shape index (κ2) is 9.53. The van der Waals surface area contributed by atoms with Gasteiger partial charge >= 0.3 is 0 Å². The van der Waals surface area contributed by atoms with Crippen LogP contribution in [-0.2, 0) is 11.2 Å². The fourth-order valence-corrected chi connectivity index (χ4v) is 5.19. The summed E-state index contributed by atoms with van der Waals surface area (Å²) < 4.78 is 0. The number of hydrogen-bond acceptors (Lipinski definition) is 5. The minimum Gasteiger partial charge on any atom is -0.383 e. The Hall–Kier alpha value is -3.19. The Bertz CT molecular complexity index is 1080. The molecule has 7 heteroatoms. The van der Waals surface area contributed by atoms with Gasteiger partial charge in [0.1, 0.15) is 5.82 Å². The number of thiophene rings is 1. The van der Waals surface area contributed by atoms with Gasteiger partial charge in [-0.3, -0.25) is 9.59 Å². The van der Waals surface area contributed by atoms with Gasteiger partial charge in [0.2, 0.25) is 5.91 Å². The molecule has 0 spiro atoms. The van der Waals surface area contributed by atoms with E-state index in [1.807, 2.05) is 13.0 Å². The van der Waals surface area contributed by atoms with Crippen LogP contribution in [-0.4, -0.2) is 41.3 Å². The molecule has 32 heavy (non-hydrogen) atoms. The van der Waals surface area contributed by atoms with E-state index < -0.39 is 5.41 Å². The third kappa shape index (κ3) is 4.53. The number of nitrogens with zero attached hydrogens (tertiary/aromatic N) is 2. The number of nitrogens with two attached hydrogens (primary N) is 1. The first kappa shape index (κ1) is 22.0. The lowest BCUT2D eigenvalue weighted by Gasteiger charge is -2.42. The number of pyridine rings is 1. The van der Waals surface area contributed by atoms with Crippen LogP contribution < -0.4 is 11.1 Å². The van der Waals surface area contributed by atoms with Crippen LogP contribution in [0.2, 0.25) is 0 Å². The number of rotatable bonds is 6. The molecule has 1 aliphatic rings. The molecule has 2 aromatic heterocycles. The number of nitrogens with one attached hydrogen (secondary N) is 1. The molecule has 3 N–H and O–H groups in total. The van der Waals surface area contributed by atoms with Gasteiger partial charge in [0.15, 0.2) is 0 Å². The molecule has 3 aromatic rings. The van der Waals surface area contributed by atoms with Gasteiger partial charge in [-0.15, -0.1) is 11.3 Å². The van der Waals surface area contributed by atoms with Crippen LogP contribution in [0.4, 0.5) is 5.82 Å². The number of carbonyl (C=O) groups excluding carboxylic acids is 2. The van der Waals surface area contributed by atoms with Crippen molar-refractivity contribution in [2.45, 2.75) is 26.2 Å². The zero-order chi connectivity index (χ0) is 22.6. The largest absolute Gasteiger partial charge is 0.383 e. The van der Waals surface area contributed by atoms with Gasteiger partial charge < -0.3 is 16.0 Å². The van der Waals surface area contributed by atoms with Gasteiger partial charge in [0.05, 0.1) is 11.0 Å². The third-order valence-electron chi connectivity index (χ3n) is 6.05. The van der Waals surface area contributed by atoms with Crippen molar-refractivity contribution in [3.8, 4) is 10.4 Å². The summed E-state index contributed by atoms with van der Waals surface area (Å²) in [5.74, 6) is 0.0480. The summed E-state index contributed by atoms with van der Waals surface area (Å²) in [5, 5.41) is 5.07. The van der Waals surface area contributed by atoms with E-state index in [2.05, 4.69) is 46.0 Å². The third-order valence-corrected chi connectivity index (χ3v) is 6.97. The lowest BCUT2D eigenvalue weighted by atomic mass is 9.74. The van der Waals surface area contributed by atoms with Crippen LogP contribution in [0.15, 0.2) is 60.1 Å². The average molecular weight is 449 g/mol. The van der Waals surface area contributed by atoms with Crippen molar-refractivity contribution in [3.63, 3.8) is 0 Å². The van der Waals surface area contributed by atoms with Crippen molar-refractivity contribution in [1.29, 1.82) is 0 Å². The monoisotopic (exact) mass is 448 g/mol. The van der Waals surface area contributed by atoms with Crippen LogP contribution in [0.1, 0.15) is 35.7 Å². The summed E-state index contributed by atoms with van der Waals surface area (Å²) >= 11 is 1.71. The summed E-state index contributed by atoms with van der Waals surface area (Å²) in [7, 11) is 0. The first-order valence-corrected chi connectivity index (χ1v) is 11.8. The Morgan fingerprint density at radius 1 is 1.19 bits per heavy atom. The molecule has 1 aromatic carbocycles. The summed E-state index contributed by atoms with van der Waals surface area (Å²) in [4.78, 5) is 33.5. The second-order valence-electron chi connectivity index (χ2n) is 8.26. The van der Waals surface area contributed by atoms with Crippen molar-refractivity contribution >= 4 is 29.0 Å². The van der Waals surface area contributed by atoms with Gasteiger partial charge in [-0.25, -0.2) is 4.98 Å². The van der Waals surface area contributed by atoms with E-state index >= 15 is 0 Å². The molecule has 1 fully saturated rings. The lowest BCUT2D eigenvalue weighted by Crippen LogP contribution is -2.54. The Morgan fingerprint density at radius 3 is 2.69 bits per heavy atom. The first-order valence-electron chi connectivity index (χ1n) is 10.9. The number of carbonyl (C=O) groups is 2. The molecule has 0 aliphatic carbocycles. The Balaban J connectivity index is 1.59. The van der Waals surface area contributed by atoms with Crippen molar-refractivity contribution in [2.24, 2.45) is 5.41 Å². The summed E-state index contributed by atoms with van der Waals surface area (Å²) in [6.07, 6.45) is 3.64. The summed E-state index contributed by atoms with van der Waals surface area (Å²) in [6, 6.07) is 15.9. The molecule has 166 valence electrons. The van der Waals surface area contributed by atoms with Crippen LogP contribution in [0.3, 0.4) is 0 Å². The molecule has 0 unspecified atom stereocenters. The SMILES string of the molecule is CCNC(=O)[C@@]1(Cc2ccc(-c3cccs3)cc2)CCCN(C(=O)c2cccnc2N)C1. The van der Waals surface area contributed by atoms with E-state index in [-0.39, 0.29) is 17.6 Å². The number of anilines is 1. The van der Waals surface area contributed by atoms with Crippen LogP contribution in [0.25, 0.3) is 10.4 Å². The Kier molecular flexibility index (Phi) is 6.55. The fraction of sp³-hybridized carbons (Fsp3) is 0.320. The highest BCUT2D eigenvalue weighted by Gasteiger charge is 2.43. The second-order valence-corrected chi connectivity index (χ2v) is 9.20. The molecule has 0 saturated carbocycles. The predicted octanol–water partition coefficient (Wildman–Crippen LogP) is 3.99. The molecular weight excluding hydrogens is 420 g/mol. The molecule has 1 saturated heterocycles. The topological polar surface area (TPSA) is 88.3 Å². The molecular formula is C25H28N4O2S. The highest BCUT2D eigenvalue weighted by Crippen LogP contribution is 2.36. The molecule has 3 heterocycles. The lowest BCUT2D eigenvalue weighted by molar-refractivity contribution is -0.133. The van der Waals surface area contributed by atoms with Gasteiger partial charge in [0.25, 0.3) is 5.91 Å². The molecule has 0 bridgehead atoms. The van der Waals surface area contributed by atoms with Crippen LogP contribution in [0.5, 0.6) is 0 Å². The Labute approximate surface area is 192 Å². The zero-order valence-corrected chi connectivity index (χ0v) is 19.0. The molecule has 0 radical (unpaired) electrons. The van der Waals surface area contributed by atoms with Crippen LogP contribution in [0, 0.1) is 5.41 Å². The molecule has 1 aliphatic heterocycles. The van der Waals surface area contributed by atoms with E-state index in [9.17, 15) is 9.59 Å². The maximum Gasteiger partial charge on any atom is 0.257 e. The quantitative estimate of drug-likeness (QED) is 0.597. The minimum atomic E-state index is -0.675. The standard InChI is InChI=1S/C25H28N4O2S/c1-2-27-24(31)25(16-18-8-10-19(11-9-18)21-7-4-15-32-21)12-5-14-29(17-25)23(30)20-6-3-13-28-22(20)26/h3-4,6-11,13,15H,2,5,12,14,16-17H2,1H3,(H2,26,28)(H,27,31)/t25-/m1/s1. The van der Waals surface area contributed by atoms with Gasteiger partial charge in [-0.1, -0.05) is 30.3 Å². The average Bonchev–Trinajstić information content (AvgIpc) is 3.35. The number of piperidine rings is 1. The molecule has 6 nitrogen and oxygen atoms in total. The van der Waals surface area contributed by atoms with E-state index in [1.165, 1.54) is 10.4 Å². The number of benzene rings is 1. The van der Waals surface area contributed by atoms with E-state index in [0.717, 1.165) is 18.4 Å². The van der Waals surface area contributed by atoms with Gasteiger partial charge in [-0.2, -0.15) is 0 Å². The molecule has 1 atom stereocenters. The van der Waals surface area contributed by atoms with E-state index in [1.54, 1.807) is 34.6 Å². The number of amides is 2. The zero-order valence-electron chi connectivity index (χ0n) is 18.2. The summed E-state index contributed by atoms with van der Waals surface area (Å²) in [5.41, 5.74) is 7.92. The first-order chi connectivity index (χ1) is 15.5. The van der Waals surface area contributed by atoms with Crippen molar-refractivity contribution in [1.82, 2.24) is 15.2 Å². The minimum absolute atomic E-state index is 0.000933. The van der Waals surface area contributed by atoms with Gasteiger partial charge in [-0.05, 0) is 60.9 Å².